The van der Waals surface area contributed by atoms with Gasteiger partial charge in [0, 0.05) is 5.54 Å². The van der Waals surface area contributed by atoms with Crippen molar-refractivity contribution in [2.45, 2.75) is 81.5 Å². The van der Waals surface area contributed by atoms with Gasteiger partial charge in [-0.05, 0) is 50.9 Å². The van der Waals surface area contributed by atoms with E-state index in [1.54, 1.807) is 11.8 Å². The van der Waals surface area contributed by atoms with E-state index < -0.39 is 0 Å². The number of carbonyl (C=O) groups excluding carboxylic acids is 1. The molecular weight excluding hydrogens is 268 g/mol. The predicted octanol–water partition coefficient (Wildman–Crippen LogP) is 3.25. The van der Waals surface area contributed by atoms with Gasteiger partial charge in [0.2, 0.25) is 5.91 Å². The fraction of sp³-hybridized carbons (Fsp3) is 0.938. The largest absolute Gasteiger partial charge is 0.331 e. The van der Waals surface area contributed by atoms with Crippen LogP contribution in [0, 0.1) is 11.8 Å². The molecule has 3 nitrogen and oxygen atoms in total. The van der Waals surface area contributed by atoms with E-state index in [1.807, 2.05) is 0 Å². The molecule has 0 spiro atoms. The van der Waals surface area contributed by atoms with Gasteiger partial charge in [-0.25, -0.2) is 0 Å². The zero-order valence-corrected chi connectivity index (χ0v) is 13.8. The molecule has 2 aliphatic carbocycles. The first-order valence-electron chi connectivity index (χ1n) is 8.21. The van der Waals surface area contributed by atoms with E-state index in [2.05, 4.69) is 31.4 Å². The molecule has 3 rings (SSSR count). The summed E-state index contributed by atoms with van der Waals surface area (Å²) in [7, 11) is 0. The molecule has 2 bridgehead atoms. The first-order valence-corrected chi connectivity index (χ1v) is 9.09. The van der Waals surface area contributed by atoms with Crippen LogP contribution >= 0.6 is 11.8 Å². The number of rotatable bonds is 3. The van der Waals surface area contributed by atoms with E-state index in [1.165, 1.54) is 38.5 Å². The zero-order valence-electron chi connectivity index (χ0n) is 13.0. The van der Waals surface area contributed by atoms with Crippen molar-refractivity contribution in [3.8, 4) is 0 Å². The number of amides is 1. The number of hydrogen-bond acceptors (Lipinski definition) is 3. The second-order valence-electron chi connectivity index (χ2n) is 7.49. The fourth-order valence-electron chi connectivity index (χ4n) is 4.58. The Bertz CT molecular complexity index is 398. The van der Waals surface area contributed by atoms with Gasteiger partial charge in [-0.2, -0.15) is 0 Å². The highest BCUT2D eigenvalue weighted by Gasteiger charge is 2.48. The summed E-state index contributed by atoms with van der Waals surface area (Å²) in [6.45, 7) is 6.57. The highest BCUT2D eigenvalue weighted by atomic mass is 32.2. The summed E-state index contributed by atoms with van der Waals surface area (Å²) < 4.78 is -0.247. The summed E-state index contributed by atoms with van der Waals surface area (Å²) in [6, 6.07) is 0. The molecule has 0 aromatic rings. The van der Waals surface area contributed by atoms with Gasteiger partial charge in [0.25, 0.3) is 0 Å². The Kier molecular flexibility index (Phi) is 3.83. The van der Waals surface area contributed by atoms with Gasteiger partial charge < -0.3 is 5.32 Å². The van der Waals surface area contributed by atoms with Gasteiger partial charge in [0.1, 0.15) is 5.50 Å². The molecule has 0 aromatic carbocycles. The number of thioether (sulfide) groups is 1. The minimum atomic E-state index is -0.247. The minimum Gasteiger partial charge on any atom is -0.331 e. The van der Waals surface area contributed by atoms with Crippen LogP contribution in [0.5, 0.6) is 0 Å². The monoisotopic (exact) mass is 296 g/mol. The standard InChI is InChI=1S/C16H28N2OS/c1-4-15(3)13(19)17-14(20-15)18-16-7-5-6-12(10-16)8-11(2)9-16/h11-12,14,18H,4-10H2,1-3H3,(H,17,19). The smallest absolute Gasteiger partial charge is 0.237 e. The molecule has 1 aliphatic heterocycles. The summed E-state index contributed by atoms with van der Waals surface area (Å²) in [5, 5.41) is 7.01. The van der Waals surface area contributed by atoms with Crippen molar-refractivity contribution in [2.24, 2.45) is 11.8 Å². The summed E-state index contributed by atoms with van der Waals surface area (Å²) in [4.78, 5) is 12.1. The quantitative estimate of drug-likeness (QED) is 0.840. The molecule has 5 atom stereocenters. The van der Waals surface area contributed by atoms with Crippen LogP contribution in [0.2, 0.25) is 0 Å². The van der Waals surface area contributed by atoms with Crippen LogP contribution in [0.25, 0.3) is 0 Å². The molecule has 20 heavy (non-hydrogen) atoms. The Labute approximate surface area is 127 Å². The molecule has 2 saturated carbocycles. The molecule has 114 valence electrons. The van der Waals surface area contributed by atoms with Crippen molar-refractivity contribution in [1.29, 1.82) is 0 Å². The first kappa shape index (κ1) is 14.7. The Hall–Kier alpha value is -0.220. The van der Waals surface area contributed by atoms with Gasteiger partial charge in [0.05, 0.1) is 4.75 Å². The number of carbonyl (C=O) groups is 1. The molecule has 1 amide bonds. The van der Waals surface area contributed by atoms with Gasteiger partial charge in [-0.15, -0.1) is 11.8 Å². The number of nitrogens with one attached hydrogen (secondary N) is 2. The molecule has 5 unspecified atom stereocenters. The van der Waals surface area contributed by atoms with E-state index >= 15 is 0 Å². The molecular formula is C16H28N2OS. The fourth-order valence-corrected chi connectivity index (χ4v) is 5.91. The zero-order chi connectivity index (χ0) is 14.4. The first-order chi connectivity index (χ1) is 9.45. The lowest BCUT2D eigenvalue weighted by Gasteiger charge is -2.49. The maximum atomic E-state index is 12.1. The van der Waals surface area contributed by atoms with E-state index in [4.69, 9.17) is 0 Å². The predicted molar refractivity (Wildman–Crippen MR) is 84.4 cm³/mol. The van der Waals surface area contributed by atoms with E-state index in [0.29, 0.717) is 0 Å². The van der Waals surface area contributed by atoms with Gasteiger partial charge in [0.15, 0.2) is 0 Å². The lowest BCUT2D eigenvalue weighted by molar-refractivity contribution is -0.122. The third kappa shape index (κ3) is 2.61. The lowest BCUT2D eigenvalue weighted by Crippen LogP contribution is -2.57. The summed E-state index contributed by atoms with van der Waals surface area (Å²) in [5.41, 5.74) is 0.390. The second kappa shape index (κ2) is 5.20. The molecule has 0 aromatic heterocycles. The maximum absolute atomic E-state index is 12.1. The number of fused-ring (bicyclic) bond motifs is 2. The highest BCUT2D eigenvalue weighted by Crippen LogP contribution is 2.47. The van der Waals surface area contributed by atoms with Crippen LogP contribution < -0.4 is 10.6 Å². The van der Waals surface area contributed by atoms with Gasteiger partial charge >= 0.3 is 0 Å². The van der Waals surface area contributed by atoms with Crippen LogP contribution in [0.4, 0.5) is 0 Å². The van der Waals surface area contributed by atoms with Crippen LogP contribution in [0.3, 0.4) is 0 Å². The molecule has 2 N–H and O–H groups in total. The SMILES string of the molecule is CCC1(C)SC(NC23CCCC(CC(C)C2)C3)NC1=O. The molecule has 0 radical (unpaired) electrons. The summed E-state index contributed by atoms with van der Waals surface area (Å²) in [6.07, 6.45) is 8.93. The Morgan fingerprint density at radius 2 is 2.25 bits per heavy atom. The summed E-state index contributed by atoms with van der Waals surface area (Å²) in [5.74, 6) is 1.93. The van der Waals surface area contributed by atoms with Crippen molar-refractivity contribution < 1.29 is 4.79 Å². The van der Waals surface area contributed by atoms with E-state index in [-0.39, 0.29) is 21.7 Å². The normalized spacial score (nSPS) is 48.1. The molecule has 3 aliphatic rings. The van der Waals surface area contributed by atoms with Crippen molar-refractivity contribution in [3.05, 3.63) is 0 Å². The van der Waals surface area contributed by atoms with Crippen LogP contribution in [0.15, 0.2) is 0 Å². The third-order valence-corrected chi connectivity index (χ3v) is 7.12. The molecule has 3 fully saturated rings. The topological polar surface area (TPSA) is 41.1 Å². The molecule has 1 heterocycles. The van der Waals surface area contributed by atoms with Crippen LogP contribution in [-0.4, -0.2) is 21.7 Å². The molecule has 4 heteroatoms. The Morgan fingerprint density at radius 1 is 1.45 bits per heavy atom. The second-order valence-corrected chi connectivity index (χ2v) is 9.10. The highest BCUT2D eigenvalue weighted by molar-refractivity contribution is 8.02. The third-order valence-electron chi connectivity index (χ3n) is 5.65. The Morgan fingerprint density at radius 3 is 2.95 bits per heavy atom. The van der Waals surface area contributed by atoms with Crippen molar-refractivity contribution in [2.75, 3.05) is 0 Å². The maximum Gasteiger partial charge on any atom is 0.237 e. The lowest BCUT2D eigenvalue weighted by atomic mass is 9.64. The van der Waals surface area contributed by atoms with Gasteiger partial charge in [-0.1, -0.05) is 26.7 Å². The number of hydrogen-bond donors (Lipinski definition) is 2. The van der Waals surface area contributed by atoms with Gasteiger partial charge in [-0.3, -0.25) is 10.1 Å². The van der Waals surface area contributed by atoms with Crippen molar-refractivity contribution in [3.63, 3.8) is 0 Å². The van der Waals surface area contributed by atoms with E-state index in [0.717, 1.165) is 18.3 Å². The molecule has 1 saturated heterocycles. The average molecular weight is 296 g/mol. The minimum absolute atomic E-state index is 0.108. The Balaban J connectivity index is 1.69. The van der Waals surface area contributed by atoms with Crippen LogP contribution in [0.1, 0.15) is 65.7 Å². The van der Waals surface area contributed by atoms with Crippen molar-refractivity contribution in [1.82, 2.24) is 10.6 Å². The van der Waals surface area contributed by atoms with Crippen LogP contribution in [-0.2, 0) is 4.79 Å². The average Bonchev–Trinajstić information content (AvgIpc) is 2.63. The van der Waals surface area contributed by atoms with Crippen molar-refractivity contribution >= 4 is 17.7 Å². The summed E-state index contributed by atoms with van der Waals surface area (Å²) >= 11 is 1.78. The van der Waals surface area contributed by atoms with E-state index in [9.17, 15) is 4.79 Å².